The van der Waals surface area contributed by atoms with Crippen LogP contribution in [0, 0.1) is 10.1 Å². The average molecular weight is 426 g/mol. The number of guanidine groups is 1. The maximum Gasteiger partial charge on any atom is 0.269 e. The van der Waals surface area contributed by atoms with Crippen molar-refractivity contribution >= 4 is 11.6 Å². The molecule has 0 amide bonds. The lowest BCUT2D eigenvalue weighted by atomic mass is 10.0. The van der Waals surface area contributed by atoms with E-state index >= 15 is 0 Å². The zero-order valence-corrected chi connectivity index (χ0v) is 18.2. The minimum atomic E-state index is -0.390. The highest BCUT2D eigenvalue weighted by Crippen LogP contribution is 2.15. The fourth-order valence-corrected chi connectivity index (χ4v) is 3.43. The van der Waals surface area contributed by atoms with Gasteiger partial charge in [0.25, 0.3) is 5.69 Å². The number of ether oxygens (including phenoxy) is 1. The summed E-state index contributed by atoms with van der Waals surface area (Å²) in [7, 11) is 0. The van der Waals surface area contributed by atoms with Gasteiger partial charge in [0.2, 0.25) is 0 Å². The standard InChI is InChI=1S/C23H31N5O3/c1-23(2,27-12-14-31-15-13-27)18-26-22(24-16-19-6-4-3-5-7-19)25-17-20-8-10-21(11-9-20)28(29)30/h3-11H,12-18H2,1-2H3,(H2,24,25,26). The molecule has 0 unspecified atom stereocenters. The summed E-state index contributed by atoms with van der Waals surface area (Å²) in [5.74, 6) is 0.712. The van der Waals surface area contributed by atoms with Gasteiger partial charge in [0.05, 0.1) is 24.7 Å². The molecule has 0 aromatic heterocycles. The van der Waals surface area contributed by atoms with E-state index in [0.29, 0.717) is 19.0 Å². The van der Waals surface area contributed by atoms with Gasteiger partial charge in [0.15, 0.2) is 5.96 Å². The maximum absolute atomic E-state index is 10.9. The largest absolute Gasteiger partial charge is 0.379 e. The molecule has 2 aromatic rings. The number of nitro benzene ring substituents is 1. The van der Waals surface area contributed by atoms with Crippen LogP contribution in [0.25, 0.3) is 0 Å². The van der Waals surface area contributed by atoms with Crippen LogP contribution < -0.4 is 10.6 Å². The predicted octanol–water partition coefficient (Wildman–Crippen LogP) is 2.94. The number of hydrogen-bond donors (Lipinski definition) is 2. The Kier molecular flexibility index (Phi) is 7.97. The number of non-ortho nitro benzene ring substituents is 1. The zero-order valence-electron chi connectivity index (χ0n) is 18.2. The monoisotopic (exact) mass is 425 g/mol. The minimum absolute atomic E-state index is 0.0493. The molecular weight excluding hydrogens is 394 g/mol. The highest BCUT2D eigenvalue weighted by atomic mass is 16.6. The molecule has 8 heteroatoms. The maximum atomic E-state index is 10.9. The molecule has 31 heavy (non-hydrogen) atoms. The van der Waals surface area contributed by atoms with Crippen LogP contribution >= 0.6 is 0 Å². The van der Waals surface area contributed by atoms with Crippen molar-refractivity contribution in [3.8, 4) is 0 Å². The molecule has 1 aliphatic rings. The number of morpholine rings is 1. The molecule has 1 fully saturated rings. The van der Waals surface area contributed by atoms with Gasteiger partial charge >= 0.3 is 0 Å². The molecule has 0 aliphatic carbocycles. The normalized spacial score (nSPS) is 15.5. The second-order valence-electron chi connectivity index (χ2n) is 8.19. The summed E-state index contributed by atoms with van der Waals surface area (Å²) < 4.78 is 5.48. The number of hydrogen-bond acceptors (Lipinski definition) is 5. The van der Waals surface area contributed by atoms with Crippen molar-refractivity contribution in [2.75, 3.05) is 32.8 Å². The lowest BCUT2D eigenvalue weighted by molar-refractivity contribution is -0.384. The van der Waals surface area contributed by atoms with Crippen molar-refractivity contribution < 1.29 is 9.66 Å². The van der Waals surface area contributed by atoms with Gasteiger partial charge in [-0.15, -0.1) is 0 Å². The van der Waals surface area contributed by atoms with Gasteiger partial charge in [-0.2, -0.15) is 0 Å². The van der Waals surface area contributed by atoms with Crippen LogP contribution in [0.2, 0.25) is 0 Å². The van der Waals surface area contributed by atoms with Crippen LogP contribution in [-0.2, 0) is 17.8 Å². The molecule has 3 rings (SSSR count). The van der Waals surface area contributed by atoms with Crippen molar-refractivity contribution in [3.05, 3.63) is 75.8 Å². The van der Waals surface area contributed by atoms with Crippen LogP contribution in [0.15, 0.2) is 59.6 Å². The number of aliphatic imine (C=N–C) groups is 1. The molecular formula is C23H31N5O3. The van der Waals surface area contributed by atoms with E-state index in [0.717, 1.165) is 44.0 Å². The van der Waals surface area contributed by atoms with Gasteiger partial charge in [0.1, 0.15) is 0 Å². The van der Waals surface area contributed by atoms with Crippen molar-refractivity contribution in [1.29, 1.82) is 0 Å². The Hall–Kier alpha value is -2.97. The summed E-state index contributed by atoms with van der Waals surface area (Å²) in [4.78, 5) is 17.6. The third kappa shape index (κ3) is 7.04. The van der Waals surface area contributed by atoms with Crippen molar-refractivity contribution in [2.24, 2.45) is 4.99 Å². The summed E-state index contributed by atoms with van der Waals surface area (Å²) in [6.45, 7) is 9.61. The Morgan fingerprint density at radius 2 is 1.74 bits per heavy atom. The molecule has 166 valence electrons. The zero-order chi connectivity index (χ0) is 22.1. The highest BCUT2D eigenvalue weighted by Gasteiger charge is 2.28. The third-order valence-electron chi connectivity index (χ3n) is 5.43. The summed E-state index contributed by atoms with van der Waals surface area (Å²) in [6.07, 6.45) is 0. The summed E-state index contributed by atoms with van der Waals surface area (Å²) in [5, 5.41) is 17.7. The van der Waals surface area contributed by atoms with Crippen LogP contribution in [-0.4, -0.2) is 54.2 Å². The Labute approximate surface area is 183 Å². The quantitative estimate of drug-likeness (QED) is 0.292. The molecule has 1 heterocycles. The molecule has 0 spiro atoms. The van der Waals surface area contributed by atoms with Gasteiger partial charge in [-0.05, 0) is 25.0 Å². The first kappa shape index (κ1) is 22.7. The molecule has 8 nitrogen and oxygen atoms in total. The minimum Gasteiger partial charge on any atom is -0.379 e. The Morgan fingerprint density at radius 3 is 2.39 bits per heavy atom. The van der Waals surface area contributed by atoms with Crippen molar-refractivity contribution in [2.45, 2.75) is 32.5 Å². The molecule has 0 bridgehead atoms. The fourth-order valence-electron chi connectivity index (χ4n) is 3.43. The van der Waals surface area contributed by atoms with E-state index in [1.807, 2.05) is 18.2 Å². The summed E-state index contributed by atoms with van der Waals surface area (Å²) in [6, 6.07) is 16.7. The second-order valence-corrected chi connectivity index (χ2v) is 8.19. The van der Waals surface area contributed by atoms with Crippen molar-refractivity contribution in [3.63, 3.8) is 0 Å². The smallest absolute Gasteiger partial charge is 0.269 e. The first-order valence-electron chi connectivity index (χ1n) is 10.6. The molecule has 1 aliphatic heterocycles. The molecule has 2 aromatic carbocycles. The first-order chi connectivity index (χ1) is 14.9. The average Bonchev–Trinajstić information content (AvgIpc) is 2.80. The third-order valence-corrected chi connectivity index (χ3v) is 5.43. The van der Waals surface area contributed by atoms with E-state index in [2.05, 4.69) is 41.5 Å². The van der Waals surface area contributed by atoms with Gasteiger partial charge in [-0.25, -0.2) is 4.99 Å². The number of nitrogens with one attached hydrogen (secondary N) is 2. The molecule has 2 N–H and O–H groups in total. The molecule has 0 radical (unpaired) electrons. The van der Waals surface area contributed by atoms with Gasteiger partial charge in [-0.1, -0.05) is 42.5 Å². The molecule has 1 saturated heterocycles. The lowest BCUT2D eigenvalue weighted by Crippen LogP contribution is -2.56. The van der Waals surface area contributed by atoms with Gasteiger partial charge in [0, 0.05) is 43.9 Å². The Balaban J connectivity index is 1.64. The second kappa shape index (κ2) is 10.9. The van der Waals surface area contributed by atoms with E-state index in [1.54, 1.807) is 12.1 Å². The topological polar surface area (TPSA) is 92.0 Å². The number of benzene rings is 2. The highest BCUT2D eigenvalue weighted by molar-refractivity contribution is 5.79. The summed E-state index contributed by atoms with van der Waals surface area (Å²) >= 11 is 0. The first-order valence-corrected chi connectivity index (χ1v) is 10.6. The van der Waals surface area contributed by atoms with Crippen LogP contribution in [0.5, 0.6) is 0 Å². The summed E-state index contributed by atoms with van der Waals surface area (Å²) in [5.41, 5.74) is 2.12. The fraction of sp³-hybridized carbons (Fsp3) is 0.435. The number of nitrogens with zero attached hydrogens (tertiary/aromatic N) is 3. The lowest BCUT2D eigenvalue weighted by Gasteiger charge is -2.41. The predicted molar refractivity (Wildman–Crippen MR) is 122 cm³/mol. The van der Waals surface area contributed by atoms with Crippen LogP contribution in [0.3, 0.4) is 0 Å². The van der Waals surface area contributed by atoms with Crippen molar-refractivity contribution in [1.82, 2.24) is 15.5 Å². The van der Waals surface area contributed by atoms with E-state index in [-0.39, 0.29) is 16.1 Å². The SMILES string of the molecule is CC(C)(CNC(=NCc1ccccc1)NCc1ccc([N+](=O)[O-])cc1)N1CCOCC1. The van der Waals surface area contributed by atoms with Crippen LogP contribution in [0.1, 0.15) is 25.0 Å². The number of nitro groups is 1. The van der Waals surface area contributed by atoms with E-state index in [1.165, 1.54) is 12.1 Å². The van der Waals surface area contributed by atoms with Gasteiger partial charge < -0.3 is 15.4 Å². The number of rotatable bonds is 8. The van der Waals surface area contributed by atoms with E-state index in [9.17, 15) is 10.1 Å². The Morgan fingerprint density at radius 1 is 1.06 bits per heavy atom. The van der Waals surface area contributed by atoms with Crippen LogP contribution in [0.4, 0.5) is 5.69 Å². The van der Waals surface area contributed by atoms with Gasteiger partial charge in [-0.3, -0.25) is 15.0 Å². The molecule has 0 saturated carbocycles. The van der Waals surface area contributed by atoms with E-state index < -0.39 is 0 Å². The molecule has 0 atom stereocenters. The Bertz CT molecular complexity index is 863. The van der Waals surface area contributed by atoms with E-state index in [4.69, 9.17) is 9.73 Å².